The molecule has 1 aliphatic heterocycles. The van der Waals surface area contributed by atoms with Gasteiger partial charge in [-0.2, -0.15) is 0 Å². The summed E-state index contributed by atoms with van der Waals surface area (Å²) in [5.74, 6) is 0.00319. The van der Waals surface area contributed by atoms with Crippen molar-refractivity contribution in [1.82, 2.24) is 0 Å². The lowest BCUT2D eigenvalue weighted by Gasteiger charge is -2.22. The SMILES string of the molecule is CC(=O)c1cccc(OCC(=O)OCC2CCCCO2)c1. The molecule has 0 aromatic heterocycles. The van der Waals surface area contributed by atoms with E-state index in [2.05, 4.69) is 0 Å². The third kappa shape index (κ3) is 5.19. The van der Waals surface area contributed by atoms with Crippen molar-refractivity contribution in [2.45, 2.75) is 32.3 Å². The number of carbonyl (C=O) groups excluding carboxylic acids is 2. The molecule has 1 saturated heterocycles. The summed E-state index contributed by atoms with van der Waals surface area (Å²) >= 11 is 0. The Hall–Kier alpha value is -1.88. The minimum Gasteiger partial charge on any atom is -0.482 e. The Balaban J connectivity index is 1.73. The molecule has 21 heavy (non-hydrogen) atoms. The van der Waals surface area contributed by atoms with Gasteiger partial charge in [0.05, 0.1) is 6.10 Å². The van der Waals surface area contributed by atoms with Gasteiger partial charge in [-0.3, -0.25) is 4.79 Å². The van der Waals surface area contributed by atoms with Crippen molar-refractivity contribution >= 4 is 11.8 Å². The Morgan fingerprint density at radius 3 is 2.90 bits per heavy atom. The molecule has 5 nitrogen and oxygen atoms in total. The summed E-state index contributed by atoms with van der Waals surface area (Å²) < 4.78 is 15.9. The first-order chi connectivity index (χ1) is 10.1. The van der Waals surface area contributed by atoms with Gasteiger partial charge in [0.2, 0.25) is 0 Å². The number of carbonyl (C=O) groups is 2. The molecule has 1 fully saturated rings. The fourth-order valence-electron chi connectivity index (χ4n) is 2.11. The van der Waals surface area contributed by atoms with Crippen LogP contribution >= 0.6 is 0 Å². The number of esters is 1. The van der Waals surface area contributed by atoms with Crippen LogP contribution in [0.2, 0.25) is 0 Å². The van der Waals surface area contributed by atoms with Crippen molar-refractivity contribution in [3.05, 3.63) is 29.8 Å². The molecule has 0 saturated carbocycles. The normalized spacial score (nSPS) is 18.0. The minimum absolute atomic E-state index is 0.00346. The van der Waals surface area contributed by atoms with Crippen LogP contribution in [0.1, 0.15) is 36.5 Å². The third-order valence-corrected chi connectivity index (χ3v) is 3.30. The van der Waals surface area contributed by atoms with Gasteiger partial charge in [-0.1, -0.05) is 12.1 Å². The zero-order valence-corrected chi connectivity index (χ0v) is 12.2. The highest BCUT2D eigenvalue weighted by Gasteiger charge is 2.16. The molecule has 5 heteroatoms. The number of rotatable bonds is 6. The van der Waals surface area contributed by atoms with E-state index in [0.29, 0.717) is 11.3 Å². The van der Waals surface area contributed by atoms with Crippen molar-refractivity contribution in [2.75, 3.05) is 19.8 Å². The molecule has 0 spiro atoms. The Morgan fingerprint density at radius 2 is 2.19 bits per heavy atom. The molecule has 0 N–H and O–H groups in total. The van der Waals surface area contributed by atoms with Gasteiger partial charge in [-0.15, -0.1) is 0 Å². The topological polar surface area (TPSA) is 61.8 Å². The standard InChI is InChI=1S/C16H20O5/c1-12(17)13-5-4-7-14(9-13)20-11-16(18)21-10-15-6-2-3-8-19-15/h4-5,7,9,15H,2-3,6,8,10-11H2,1H3. The molecule has 1 heterocycles. The molecule has 0 radical (unpaired) electrons. The van der Waals surface area contributed by atoms with E-state index in [1.165, 1.54) is 6.92 Å². The molecule has 0 aliphatic carbocycles. The first-order valence-electron chi connectivity index (χ1n) is 7.16. The van der Waals surface area contributed by atoms with E-state index >= 15 is 0 Å². The van der Waals surface area contributed by atoms with E-state index in [-0.39, 0.29) is 25.1 Å². The number of hydrogen-bond acceptors (Lipinski definition) is 5. The van der Waals surface area contributed by atoms with Crippen LogP contribution in [0.4, 0.5) is 0 Å². The maximum atomic E-state index is 11.6. The van der Waals surface area contributed by atoms with Crippen LogP contribution in [0.15, 0.2) is 24.3 Å². The van der Waals surface area contributed by atoms with Crippen molar-refractivity contribution in [2.24, 2.45) is 0 Å². The van der Waals surface area contributed by atoms with E-state index in [1.54, 1.807) is 24.3 Å². The van der Waals surface area contributed by atoms with E-state index in [9.17, 15) is 9.59 Å². The fraction of sp³-hybridized carbons (Fsp3) is 0.500. The second-order valence-corrected chi connectivity index (χ2v) is 5.04. The summed E-state index contributed by atoms with van der Waals surface area (Å²) in [7, 11) is 0. The summed E-state index contributed by atoms with van der Waals surface area (Å²) in [6.45, 7) is 2.32. The second kappa shape index (κ2) is 7.78. The van der Waals surface area contributed by atoms with Crippen LogP contribution in [0.3, 0.4) is 0 Å². The smallest absolute Gasteiger partial charge is 0.344 e. The zero-order valence-electron chi connectivity index (χ0n) is 12.2. The van der Waals surface area contributed by atoms with Crippen molar-refractivity contribution in [1.29, 1.82) is 0 Å². The molecular weight excluding hydrogens is 272 g/mol. The van der Waals surface area contributed by atoms with Gasteiger partial charge < -0.3 is 14.2 Å². The molecule has 1 aromatic rings. The fourth-order valence-corrected chi connectivity index (χ4v) is 2.11. The maximum Gasteiger partial charge on any atom is 0.344 e. The van der Waals surface area contributed by atoms with Gasteiger partial charge in [0.15, 0.2) is 12.4 Å². The van der Waals surface area contributed by atoms with Crippen LogP contribution in [0.25, 0.3) is 0 Å². The third-order valence-electron chi connectivity index (χ3n) is 3.30. The average Bonchev–Trinajstić information content (AvgIpc) is 2.52. The Bertz CT molecular complexity index is 491. The minimum atomic E-state index is -0.433. The summed E-state index contributed by atoms with van der Waals surface area (Å²) in [6.07, 6.45) is 3.11. The van der Waals surface area contributed by atoms with Crippen LogP contribution in [0, 0.1) is 0 Å². The van der Waals surface area contributed by atoms with Gasteiger partial charge in [0, 0.05) is 12.2 Å². The zero-order chi connectivity index (χ0) is 15.1. The summed E-state index contributed by atoms with van der Waals surface area (Å²) in [4.78, 5) is 22.9. The number of hydrogen-bond donors (Lipinski definition) is 0. The molecule has 0 bridgehead atoms. The first-order valence-corrected chi connectivity index (χ1v) is 7.16. The number of ether oxygens (including phenoxy) is 3. The molecule has 1 atom stereocenters. The number of benzene rings is 1. The van der Waals surface area contributed by atoms with E-state index in [4.69, 9.17) is 14.2 Å². The quantitative estimate of drug-likeness (QED) is 0.595. The van der Waals surface area contributed by atoms with Gasteiger partial charge in [-0.25, -0.2) is 4.79 Å². The molecular formula is C16H20O5. The average molecular weight is 292 g/mol. The largest absolute Gasteiger partial charge is 0.482 e. The number of ketones is 1. The van der Waals surface area contributed by atoms with Crippen molar-refractivity contribution in [3.63, 3.8) is 0 Å². The van der Waals surface area contributed by atoms with Crippen LogP contribution < -0.4 is 4.74 Å². The molecule has 1 unspecified atom stereocenters. The lowest BCUT2D eigenvalue weighted by atomic mass is 10.1. The molecule has 1 aliphatic rings. The summed E-state index contributed by atoms with van der Waals surface area (Å²) in [5.41, 5.74) is 0.552. The lowest BCUT2D eigenvalue weighted by molar-refractivity contribution is -0.151. The van der Waals surface area contributed by atoms with Crippen molar-refractivity contribution in [3.8, 4) is 5.75 Å². The molecule has 2 rings (SSSR count). The highest BCUT2D eigenvalue weighted by atomic mass is 16.6. The molecule has 0 amide bonds. The predicted octanol–water partition coefficient (Wildman–Crippen LogP) is 2.38. The highest BCUT2D eigenvalue weighted by molar-refractivity contribution is 5.94. The second-order valence-electron chi connectivity index (χ2n) is 5.04. The van der Waals surface area contributed by atoms with Crippen molar-refractivity contribution < 1.29 is 23.8 Å². The van der Waals surface area contributed by atoms with Gasteiger partial charge in [0.1, 0.15) is 12.4 Å². The number of Topliss-reactive ketones (excluding diaryl/α,β-unsaturated/α-hetero) is 1. The highest BCUT2D eigenvalue weighted by Crippen LogP contribution is 2.15. The van der Waals surface area contributed by atoms with Crippen LogP contribution in [-0.2, 0) is 14.3 Å². The summed E-state index contributed by atoms with van der Waals surface area (Å²) in [6, 6.07) is 6.73. The Kier molecular flexibility index (Phi) is 5.75. The van der Waals surface area contributed by atoms with Gasteiger partial charge >= 0.3 is 5.97 Å². The predicted molar refractivity (Wildman–Crippen MR) is 76.5 cm³/mol. The Morgan fingerprint density at radius 1 is 1.33 bits per heavy atom. The molecule has 1 aromatic carbocycles. The van der Waals surface area contributed by atoms with Crippen LogP contribution in [-0.4, -0.2) is 37.7 Å². The van der Waals surface area contributed by atoms with E-state index in [0.717, 1.165) is 25.9 Å². The summed E-state index contributed by atoms with van der Waals surface area (Å²) in [5, 5.41) is 0. The van der Waals surface area contributed by atoms with Crippen LogP contribution in [0.5, 0.6) is 5.75 Å². The van der Waals surface area contributed by atoms with E-state index < -0.39 is 5.97 Å². The monoisotopic (exact) mass is 292 g/mol. The Labute approximate surface area is 124 Å². The van der Waals surface area contributed by atoms with Gasteiger partial charge in [0.25, 0.3) is 0 Å². The lowest BCUT2D eigenvalue weighted by Crippen LogP contribution is -2.27. The maximum absolute atomic E-state index is 11.6. The molecule has 114 valence electrons. The van der Waals surface area contributed by atoms with Gasteiger partial charge in [-0.05, 0) is 38.3 Å². The van der Waals surface area contributed by atoms with E-state index in [1.807, 2.05) is 0 Å². The first kappa shape index (κ1) is 15.5.